The molecule has 0 saturated heterocycles. The van der Waals surface area contributed by atoms with Crippen LogP contribution in [0.15, 0.2) is 72.2 Å². The fraction of sp³-hybridized carbons (Fsp3) is 0.179. The van der Waals surface area contributed by atoms with E-state index in [1.807, 2.05) is 63.4 Å². The minimum atomic E-state index is 0.483. The zero-order chi connectivity index (χ0) is 26.5. The van der Waals surface area contributed by atoms with Crippen LogP contribution in [0.4, 0.5) is 17.3 Å². The number of aromatic amines is 1. The minimum Gasteiger partial charge on any atom is -0.492 e. The highest BCUT2D eigenvalue weighted by Gasteiger charge is 2.13. The van der Waals surface area contributed by atoms with Crippen LogP contribution in [-0.2, 0) is 6.54 Å². The molecule has 0 unspecified atom stereocenters. The van der Waals surface area contributed by atoms with E-state index in [2.05, 4.69) is 34.8 Å². The van der Waals surface area contributed by atoms with E-state index in [-0.39, 0.29) is 0 Å². The Morgan fingerprint density at radius 1 is 1.05 bits per heavy atom. The molecular weight excluding hydrogens is 480 g/mol. The van der Waals surface area contributed by atoms with Crippen molar-refractivity contribution in [2.45, 2.75) is 27.3 Å². The number of nitrogens with one attached hydrogen (secondary N) is 2. The van der Waals surface area contributed by atoms with Crippen LogP contribution >= 0.6 is 0 Å². The molecule has 0 aliphatic rings. The van der Waals surface area contributed by atoms with Crippen LogP contribution in [0.5, 0.6) is 17.2 Å². The number of nitrogens with zero attached hydrogens (tertiary/aromatic N) is 5. The highest BCUT2D eigenvalue weighted by molar-refractivity contribution is 5.90. The van der Waals surface area contributed by atoms with Gasteiger partial charge in [0.15, 0.2) is 11.3 Å². The maximum atomic E-state index is 6.05. The first-order valence-electron chi connectivity index (χ1n) is 12.2. The van der Waals surface area contributed by atoms with Gasteiger partial charge in [0.1, 0.15) is 29.7 Å². The second-order valence-corrected chi connectivity index (χ2v) is 8.76. The molecule has 0 bridgehead atoms. The molecule has 0 amide bonds. The molecule has 0 aliphatic heterocycles. The van der Waals surface area contributed by atoms with Crippen LogP contribution in [0.2, 0.25) is 0 Å². The van der Waals surface area contributed by atoms with Gasteiger partial charge in [-0.05, 0) is 68.8 Å². The first kappa shape index (κ1) is 24.7. The number of aryl methyl sites for hydroxylation is 3. The van der Waals surface area contributed by atoms with Crippen LogP contribution < -0.4 is 25.5 Å². The van der Waals surface area contributed by atoms with Gasteiger partial charge in [0.05, 0.1) is 29.7 Å². The Balaban J connectivity index is 1.30. The number of rotatable bonds is 9. The lowest BCUT2D eigenvalue weighted by molar-refractivity contribution is -0.363. The largest absolute Gasteiger partial charge is 0.492 e. The van der Waals surface area contributed by atoms with Gasteiger partial charge in [0, 0.05) is 18.5 Å². The molecule has 0 radical (unpaired) electrons. The summed E-state index contributed by atoms with van der Waals surface area (Å²) in [5.74, 6) is 4.40. The fourth-order valence-electron chi connectivity index (χ4n) is 4.14. The van der Waals surface area contributed by atoms with Gasteiger partial charge in [-0.3, -0.25) is 5.32 Å². The Labute approximate surface area is 220 Å². The number of aliphatic imine (C=N–C) groups is 1. The Bertz CT molecular complexity index is 1610. The molecule has 4 N–H and O–H groups in total. The lowest BCUT2D eigenvalue weighted by Crippen LogP contribution is -2.12. The summed E-state index contributed by atoms with van der Waals surface area (Å²) >= 11 is 0. The molecule has 5 rings (SSSR count). The van der Waals surface area contributed by atoms with E-state index in [0.29, 0.717) is 18.2 Å². The summed E-state index contributed by atoms with van der Waals surface area (Å²) in [7, 11) is 0. The summed E-state index contributed by atoms with van der Waals surface area (Å²) in [6, 6.07) is 15.3. The standard InChI is InChI=1S/C28H28N8O2/c1-18-12-21(4-7-26(18)38-23-8-9-30-27(14-23)31-16-29)35-28-24-13-22(5-6-25(24)32-17-33-28)37-11-10-36-15-19(2)34-20(36)3/h4-9,12-17H,10-11H2,1-3H3,(H2,29,30,31)(H,32,33,35)/p+1. The average molecular weight is 510 g/mol. The molecule has 10 nitrogen and oxygen atoms in total. The van der Waals surface area contributed by atoms with Crippen molar-refractivity contribution in [3.05, 3.63) is 84.3 Å². The molecule has 10 heteroatoms. The Hall–Kier alpha value is -4.99. The number of pyridine rings is 1. The number of fused-ring (bicyclic) bond motifs is 1. The minimum absolute atomic E-state index is 0.483. The zero-order valence-electron chi connectivity index (χ0n) is 21.5. The number of nitrogens with two attached hydrogens (primary N) is 1. The molecule has 0 fully saturated rings. The van der Waals surface area contributed by atoms with Crippen molar-refractivity contribution in [3.63, 3.8) is 0 Å². The zero-order valence-corrected chi connectivity index (χ0v) is 21.5. The second-order valence-electron chi connectivity index (χ2n) is 8.76. The number of anilines is 2. The van der Waals surface area contributed by atoms with E-state index >= 15 is 0 Å². The number of hydrogen-bond donors (Lipinski definition) is 2. The number of benzene rings is 2. The van der Waals surface area contributed by atoms with E-state index in [1.165, 1.54) is 6.34 Å². The third kappa shape index (κ3) is 5.70. The smallest absolute Gasteiger partial charge is 0.234 e. The summed E-state index contributed by atoms with van der Waals surface area (Å²) in [4.78, 5) is 20.2. The van der Waals surface area contributed by atoms with Crippen molar-refractivity contribution < 1.29 is 14.5 Å². The predicted octanol–water partition coefficient (Wildman–Crippen LogP) is 4.80. The van der Waals surface area contributed by atoms with Crippen LogP contribution in [-0.4, -0.2) is 32.5 Å². The highest BCUT2D eigenvalue weighted by atomic mass is 16.5. The van der Waals surface area contributed by atoms with E-state index in [9.17, 15) is 0 Å². The summed E-state index contributed by atoms with van der Waals surface area (Å²) in [6.07, 6.45) is 6.54. The number of ether oxygens (including phenoxy) is 2. The van der Waals surface area contributed by atoms with Crippen molar-refractivity contribution in [3.8, 4) is 17.2 Å². The summed E-state index contributed by atoms with van der Waals surface area (Å²) in [6.45, 7) is 7.24. The second kappa shape index (κ2) is 11.0. The van der Waals surface area contributed by atoms with Crippen molar-refractivity contribution in [1.82, 2.24) is 19.5 Å². The normalized spacial score (nSPS) is 11.2. The summed E-state index contributed by atoms with van der Waals surface area (Å²) in [5, 5.41) is 4.38. The van der Waals surface area contributed by atoms with Crippen molar-refractivity contribution in [2.24, 2.45) is 10.7 Å². The van der Waals surface area contributed by atoms with E-state index in [0.717, 1.165) is 57.5 Å². The van der Waals surface area contributed by atoms with Crippen LogP contribution in [0.1, 0.15) is 17.1 Å². The van der Waals surface area contributed by atoms with Gasteiger partial charge in [0.2, 0.25) is 12.1 Å². The van der Waals surface area contributed by atoms with Crippen molar-refractivity contribution in [1.29, 1.82) is 0 Å². The maximum Gasteiger partial charge on any atom is 0.234 e. The predicted molar refractivity (Wildman–Crippen MR) is 147 cm³/mol. The summed E-state index contributed by atoms with van der Waals surface area (Å²) in [5.41, 5.74) is 9.08. The quantitative estimate of drug-likeness (QED) is 0.216. The third-order valence-electron chi connectivity index (χ3n) is 5.94. The first-order valence-corrected chi connectivity index (χ1v) is 12.2. The lowest BCUT2D eigenvalue weighted by Gasteiger charge is -2.11. The lowest BCUT2D eigenvalue weighted by atomic mass is 10.2. The molecule has 3 heterocycles. The van der Waals surface area contributed by atoms with Crippen LogP contribution in [0, 0.1) is 20.8 Å². The molecule has 0 saturated carbocycles. The van der Waals surface area contributed by atoms with Crippen molar-refractivity contribution >= 4 is 34.6 Å². The third-order valence-corrected chi connectivity index (χ3v) is 5.94. The SMILES string of the molecule is Cc1cn(CCOc2ccc3nc[nH+]c(Nc4ccc(Oc5ccnc(N=CN)c5)c(C)c4)c3c2)c(C)n1. The molecule has 0 aliphatic carbocycles. The number of imidazole rings is 1. The molecule has 2 aromatic carbocycles. The Kier molecular flexibility index (Phi) is 7.12. The number of hydrogen-bond acceptors (Lipinski definition) is 7. The van der Waals surface area contributed by atoms with Gasteiger partial charge in [-0.25, -0.2) is 19.9 Å². The van der Waals surface area contributed by atoms with Crippen LogP contribution in [0.25, 0.3) is 10.9 Å². The van der Waals surface area contributed by atoms with Gasteiger partial charge < -0.3 is 19.8 Å². The Morgan fingerprint density at radius 2 is 1.95 bits per heavy atom. The molecule has 3 aromatic heterocycles. The van der Waals surface area contributed by atoms with Crippen LogP contribution in [0.3, 0.4) is 0 Å². The van der Waals surface area contributed by atoms with E-state index in [4.69, 9.17) is 15.2 Å². The molecule has 38 heavy (non-hydrogen) atoms. The Morgan fingerprint density at radius 3 is 2.74 bits per heavy atom. The van der Waals surface area contributed by atoms with Gasteiger partial charge >= 0.3 is 0 Å². The topological polar surface area (TPSA) is 127 Å². The summed E-state index contributed by atoms with van der Waals surface area (Å²) < 4.78 is 14.2. The average Bonchev–Trinajstić information content (AvgIpc) is 3.23. The van der Waals surface area contributed by atoms with E-state index in [1.54, 1.807) is 24.7 Å². The number of H-pyrrole nitrogens is 1. The highest BCUT2D eigenvalue weighted by Crippen LogP contribution is 2.31. The molecular formula is C28H29N8O2+. The van der Waals surface area contributed by atoms with Gasteiger partial charge in [-0.2, -0.15) is 0 Å². The molecule has 5 aromatic rings. The maximum absolute atomic E-state index is 6.05. The molecule has 192 valence electrons. The molecule has 0 spiro atoms. The monoisotopic (exact) mass is 509 g/mol. The van der Waals surface area contributed by atoms with E-state index < -0.39 is 0 Å². The van der Waals surface area contributed by atoms with Crippen molar-refractivity contribution in [2.75, 3.05) is 11.9 Å². The number of aromatic nitrogens is 5. The fourth-order valence-corrected chi connectivity index (χ4v) is 4.14. The van der Waals surface area contributed by atoms with Gasteiger partial charge in [-0.15, -0.1) is 4.98 Å². The first-order chi connectivity index (χ1) is 18.5. The van der Waals surface area contributed by atoms with Gasteiger partial charge in [0.25, 0.3) is 0 Å². The molecule has 0 atom stereocenters. The van der Waals surface area contributed by atoms with Gasteiger partial charge in [-0.1, -0.05) is 0 Å².